The van der Waals surface area contributed by atoms with Crippen LogP contribution in [0.3, 0.4) is 0 Å². The fraction of sp³-hybridized carbons (Fsp3) is 0.833. The van der Waals surface area contributed by atoms with E-state index < -0.39 is 26.8 Å². The van der Waals surface area contributed by atoms with Crippen LogP contribution >= 0.6 is 15.6 Å². The molecule has 0 amide bonds. The maximum absolute atomic E-state index is 10.8. The summed E-state index contributed by atoms with van der Waals surface area (Å²) in [6, 6.07) is 0. The Labute approximate surface area is 141 Å². The van der Waals surface area contributed by atoms with Crippen LogP contribution in [-0.2, 0) is 27.7 Å². The molecule has 144 valence electrons. The fourth-order valence-electron chi connectivity index (χ4n) is 1.56. The Morgan fingerprint density at radius 2 is 1.04 bits per heavy atom. The largest absolute Gasteiger partial charge is 0.498 e. The van der Waals surface area contributed by atoms with E-state index in [9.17, 15) is 9.13 Å². The molecule has 0 unspecified atom stereocenters. The van der Waals surface area contributed by atoms with E-state index in [-0.39, 0.29) is 26.1 Å². The second kappa shape index (κ2) is 9.31. The van der Waals surface area contributed by atoms with Crippen molar-refractivity contribution < 1.29 is 47.2 Å². The zero-order valence-electron chi connectivity index (χ0n) is 14.1. The third kappa shape index (κ3) is 15.1. The van der Waals surface area contributed by atoms with Gasteiger partial charge in [0.05, 0.1) is 24.4 Å². The number of phosphoric acid groups is 2. The summed E-state index contributed by atoms with van der Waals surface area (Å²) < 4.78 is 40.9. The molecule has 0 radical (unpaired) electrons. The fourth-order valence-corrected chi connectivity index (χ4v) is 3.03. The molecule has 0 fully saturated rings. The van der Waals surface area contributed by atoms with E-state index in [2.05, 4.69) is 9.05 Å². The molecule has 0 saturated heterocycles. The van der Waals surface area contributed by atoms with Crippen LogP contribution in [0.5, 0.6) is 0 Å². The second-order valence-corrected chi connectivity index (χ2v) is 8.52. The highest BCUT2D eigenvalue weighted by Gasteiger charge is 2.29. The topological polar surface area (TPSA) is 152 Å². The van der Waals surface area contributed by atoms with Crippen LogP contribution in [0.2, 0.25) is 0 Å². The summed E-state index contributed by atoms with van der Waals surface area (Å²) in [5.74, 6) is 0. The molecule has 0 aromatic rings. The first-order valence-electron chi connectivity index (χ1n) is 7.03. The van der Waals surface area contributed by atoms with Gasteiger partial charge in [-0.2, -0.15) is 0 Å². The Bertz CT molecular complexity index is 446. The molecule has 0 aliphatic carbocycles. The van der Waals surface area contributed by atoms with Crippen molar-refractivity contribution in [3.63, 3.8) is 0 Å². The van der Waals surface area contributed by atoms with Gasteiger partial charge in [-0.1, -0.05) is 0 Å². The maximum atomic E-state index is 10.8. The van der Waals surface area contributed by atoms with E-state index in [0.717, 1.165) is 0 Å². The Morgan fingerprint density at radius 3 is 1.29 bits per heavy atom. The average Bonchev–Trinajstić information content (AvgIpc) is 2.25. The minimum atomic E-state index is -4.55. The Morgan fingerprint density at radius 1 is 0.750 bits per heavy atom. The molecule has 0 heterocycles. The molecule has 0 saturated carbocycles. The minimum absolute atomic E-state index is 0.152. The van der Waals surface area contributed by atoms with E-state index in [1.54, 1.807) is 0 Å². The van der Waals surface area contributed by atoms with Crippen molar-refractivity contribution in [3.05, 3.63) is 12.5 Å². The Kier molecular flexibility index (Phi) is 9.14. The first-order chi connectivity index (χ1) is 10.6. The van der Waals surface area contributed by atoms with Crippen molar-refractivity contribution >= 4 is 15.6 Å². The highest BCUT2D eigenvalue weighted by Crippen LogP contribution is 2.43. The molecule has 0 aromatic carbocycles. The summed E-state index contributed by atoms with van der Waals surface area (Å²) in [6.45, 7) is 6.41. The van der Waals surface area contributed by atoms with Gasteiger partial charge in [-0.3, -0.25) is 9.05 Å². The van der Waals surface area contributed by atoms with Crippen molar-refractivity contribution in [1.82, 2.24) is 0 Å². The molecule has 0 aliphatic rings. The highest BCUT2D eigenvalue weighted by atomic mass is 31.2. The van der Waals surface area contributed by atoms with Gasteiger partial charge in [0.25, 0.3) is 0 Å². The van der Waals surface area contributed by atoms with Gasteiger partial charge in [0.2, 0.25) is 0 Å². The van der Waals surface area contributed by atoms with Gasteiger partial charge in [-0.25, -0.2) is 9.13 Å². The van der Waals surface area contributed by atoms with Crippen LogP contribution in [0, 0.1) is 0 Å². The van der Waals surface area contributed by atoms with Crippen molar-refractivity contribution in [1.29, 1.82) is 0 Å². The molecule has 0 bridgehead atoms. The second-order valence-electron chi connectivity index (χ2n) is 6.20. The molecule has 4 N–H and O–H groups in total. The third-order valence-electron chi connectivity index (χ3n) is 2.62. The van der Waals surface area contributed by atoms with Gasteiger partial charge in [-0.05, 0) is 27.7 Å². The lowest BCUT2D eigenvalue weighted by molar-refractivity contribution is 0.0343. The summed E-state index contributed by atoms with van der Waals surface area (Å²) in [5.41, 5.74) is -2.09. The van der Waals surface area contributed by atoms with Crippen LogP contribution in [-0.4, -0.2) is 44.0 Å². The van der Waals surface area contributed by atoms with E-state index in [4.69, 9.17) is 29.0 Å². The summed E-state index contributed by atoms with van der Waals surface area (Å²) in [4.78, 5) is 35.0. The predicted molar refractivity (Wildman–Crippen MR) is 84.7 cm³/mol. The zero-order chi connectivity index (χ0) is 19.1. The van der Waals surface area contributed by atoms with Gasteiger partial charge in [-0.15, -0.1) is 0 Å². The van der Waals surface area contributed by atoms with E-state index in [0.29, 0.717) is 0 Å². The summed E-state index contributed by atoms with van der Waals surface area (Å²) >= 11 is 0. The SMILES string of the molecule is CC(C)(CCOC=COCCC(C)(C)OP(=O)(O)O)OP(=O)(O)O. The lowest BCUT2D eigenvalue weighted by Crippen LogP contribution is -2.25. The average molecular weight is 392 g/mol. The summed E-state index contributed by atoms with van der Waals surface area (Å²) in [7, 11) is -9.11. The first-order valence-corrected chi connectivity index (χ1v) is 10.1. The van der Waals surface area contributed by atoms with Crippen LogP contribution in [0.1, 0.15) is 40.5 Å². The molecule has 0 aliphatic heterocycles. The first kappa shape index (κ1) is 23.6. The molecule has 0 aromatic heterocycles. The monoisotopic (exact) mass is 392 g/mol. The molecular formula is C12H26O10P2. The smallest absolute Gasteiger partial charge is 0.470 e. The van der Waals surface area contributed by atoms with Crippen molar-refractivity contribution in [2.24, 2.45) is 0 Å². The van der Waals surface area contributed by atoms with Crippen LogP contribution < -0.4 is 0 Å². The quantitative estimate of drug-likeness (QED) is 0.220. The van der Waals surface area contributed by atoms with Crippen molar-refractivity contribution in [2.75, 3.05) is 13.2 Å². The van der Waals surface area contributed by atoms with Crippen molar-refractivity contribution in [3.8, 4) is 0 Å². The van der Waals surface area contributed by atoms with Crippen LogP contribution in [0.4, 0.5) is 0 Å². The molecule has 24 heavy (non-hydrogen) atoms. The lowest BCUT2D eigenvalue weighted by Gasteiger charge is -2.25. The standard InChI is InChI=1S/C12H26O10P2/c1-11(2,21-23(13,14)15)5-7-19-9-10-20-8-6-12(3,4)22-24(16,17)18/h9-10H,5-8H2,1-4H3,(H2,13,14,15)(H2,16,17,18). The van der Waals surface area contributed by atoms with Gasteiger partial charge in [0.1, 0.15) is 12.5 Å². The number of rotatable bonds is 12. The molecule has 0 rings (SSSR count). The highest BCUT2D eigenvalue weighted by molar-refractivity contribution is 7.46. The number of ether oxygens (including phenoxy) is 2. The summed E-state index contributed by atoms with van der Waals surface area (Å²) in [5, 5.41) is 0. The zero-order valence-corrected chi connectivity index (χ0v) is 15.9. The van der Waals surface area contributed by atoms with E-state index >= 15 is 0 Å². The number of phosphoric ester groups is 2. The van der Waals surface area contributed by atoms with Crippen molar-refractivity contribution in [2.45, 2.75) is 51.7 Å². The van der Waals surface area contributed by atoms with Crippen LogP contribution in [0.25, 0.3) is 0 Å². The molecule has 0 spiro atoms. The Balaban J connectivity index is 3.92. The van der Waals surface area contributed by atoms with Gasteiger partial charge < -0.3 is 29.0 Å². The lowest BCUT2D eigenvalue weighted by atomic mass is 10.1. The molecule has 0 atom stereocenters. The van der Waals surface area contributed by atoms with Gasteiger partial charge >= 0.3 is 15.6 Å². The molecule has 10 nitrogen and oxygen atoms in total. The molecular weight excluding hydrogens is 366 g/mol. The van der Waals surface area contributed by atoms with Gasteiger partial charge in [0, 0.05) is 12.8 Å². The maximum Gasteiger partial charge on any atom is 0.470 e. The molecule has 12 heteroatoms. The number of hydrogen-bond donors (Lipinski definition) is 4. The number of hydrogen-bond acceptors (Lipinski definition) is 6. The van der Waals surface area contributed by atoms with E-state index in [1.165, 1.54) is 40.2 Å². The predicted octanol–water partition coefficient (Wildman–Crippen LogP) is 2.05. The van der Waals surface area contributed by atoms with Gasteiger partial charge in [0.15, 0.2) is 0 Å². The summed E-state index contributed by atoms with van der Waals surface area (Å²) in [6.07, 6.45) is 2.99. The minimum Gasteiger partial charge on any atom is -0.498 e. The van der Waals surface area contributed by atoms with Crippen LogP contribution in [0.15, 0.2) is 12.5 Å². The van der Waals surface area contributed by atoms with E-state index in [1.807, 2.05) is 0 Å². The Hall–Kier alpha value is -0.440. The third-order valence-corrected chi connectivity index (χ3v) is 4.09. The normalized spacial score (nSPS) is 14.2.